The van der Waals surface area contributed by atoms with Crippen molar-refractivity contribution >= 4 is 28.7 Å². The summed E-state index contributed by atoms with van der Waals surface area (Å²) < 4.78 is 11.6. The third-order valence-corrected chi connectivity index (χ3v) is 3.38. The first-order valence-corrected chi connectivity index (χ1v) is 7.35. The molecule has 0 radical (unpaired) electrons. The van der Waals surface area contributed by atoms with Crippen LogP contribution in [-0.4, -0.2) is 20.8 Å². The van der Waals surface area contributed by atoms with E-state index >= 15 is 0 Å². The molecule has 0 amide bonds. The Kier molecular flexibility index (Phi) is 8.09. The number of methoxy groups -OCH3 is 2. The first-order valence-electron chi connectivity index (χ1n) is 6.27. The zero-order valence-electron chi connectivity index (χ0n) is 11.1. The number of ether oxygens (including phenoxy) is 2. The van der Waals surface area contributed by atoms with Crippen LogP contribution >= 0.6 is 22.6 Å². The van der Waals surface area contributed by atoms with Gasteiger partial charge in [0.25, 0.3) is 0 Å². The summed E-state index contributed by atoms with van der Waals surface area (Å²) in [5.74, 6) is 0.936. The Morgan fingerprint density at radius 2 is 2.00 bits per heavy atom. The molecule has 0 heterocycles. The van der Waals surface area contributed by atoms with Gasteiger partial charge in [0, 0.05) is 22.9 Å². The van der Waals surface area contributed by atoms with E-state index in [-0.39, 0.29) is 0 Å². The highest BCUT2D eigenvalue weighted by molar-refractivity contribution is 14.1. The van der Waals surface area contributed by atoms with Crippen molar-refractivity contribution in [2.24, 2.45) is 0 Å². The van der Waals surface area contributed by atoms with Crippen molar-refractivity contribution in [2.45, 2.75) is 25.7 Å². The van der Waals surface area contributed by atoms with E-state index < -0.39 is 0 Å². The highest BCUT2D eigenvalue weighted by Gasteiger charge is 1.99. The molecule has 1 aromatic rings. The molecule has 1 rings (SSSR count). The third kappa shape index (κ3) is 5.87. The van der Waals surface area contributed by atoms with Gasteiger partial charge < -0.3 is 9.47 Å². The molecule has 3 heteroatoms. The maximum absolute atomic E-state index is 5.34. The normalized spacial score (nSPS) is 11.1. The van der Waals surface area contributed by atoms with Gasteiger partial charge in [-0.1, -0.05) is 18.6 Å². The maximum atomic E-state index is 5.34. The Bertz CT molecular complexity index is 375. The molecule has 0 saturated carbocycles. The topological polar surface area (TPSA) is 18.5 Å². The number of allylic oxidation sites excluding steroid dienone is 1. The van der Waals surface area contributed by atoms with Gasteiger partial charge in [-0.05, 0) is 60.1 Å². The number of hydrogen-bond donors (Lipinski definition) is 0. The molecule has 2 nitrogen and oxygen atoms in total. The lowest BCUT2D eigenvalue weighted by Crippen LogP contribution is -1.88. The average molecular weight is 360 g/mol. The van der Waals surface area contributed by atoms with E-state index in [4.69, 9.17) is 9.47 Å². The SMILES string of the molecule is COCCCCC/C=C/c1cc(I)ccc1OC. The summed E-state index contributed by atoms with van der Waals surface area (Å²) >= 11 is 2.32. The fourth-order valence-corrected chi connectivity index (χ4v) is 2.25. The van der Waals surface area contributed by atoms with Crippen LogP contribution in [-0.2, 0) is 4.74 Å². The Morgan fingerprint density at radius 3 is 2.72 bits per heavy atom. The van der Waals surface area contributed by atoms with Gasteiger partial charge in [-0.2, -0.15) is 0 Å². The number of benzene rings is 1. The minimum atomic E-state index is 0.869. The molecule has 0 saturated heterocycles. The van der Waals surface area contributed by atoms with Crippen LogP contribution in [0.15, 0.2) is 24.3 Å². The maximum Gasteiger partial charge on any atom is 0.126 e. The van der Waals surface area contributed by atoms with Crippen LogP contribution in [0.3, 0.4) is 0 Å². The molecule has 0 unspecified atom stereocenters. The highest BCUT2D eigenvalue weighted by atomic mass is 127. The van der Waals surface area contributed by atoms with Crippen LogP contribution in [0.25, 0.3) is 6.08 Å². The first-order chi connectivity index (χ1) is 8.77. The molecular weight excluding hydrogens is 339 g/mol. The zero-order valence-corrected chi connectivity index (χ0v) is 13.3. The molecule has 0 fully saturated rings. The van der Waals surface area contributed by atoms with Gasteiger partial charge in [-0.15, -0.1) is 0 Å². The van der Waals surface area contributed by atoms with Crippen molar-refractivity contribution in [2.75, 3.05) is 20.8 Å². The molecule has 1 aromatic carbocycles. The Labute approximate surface area is 124 Å². The highest BCUT2D eigenvalue weighted by Crippen LogP contribution is 2.22. The van der Waals surface area contributed by atoms with Crippen molar-refractivity contribution in [3.63, 3.8) is 0 Å². The Balaban J connectivity index is 2.39. The molecular formula is C15H21IO2. The Hall–Kier alpha value is -0.550. The zero-order chi connectivity index (χ0) is 13.2. The predicted octanol–water partition coefficient (Wildman–Crippen LogP) is 4.52. The number of halogens is 1. The van der Waals surface area contributed by atoms with Gasteiger partial charge in [0.15, 0.2) is 0 Å². The third-order valence-electron chi connectivity index (χ3n) is 2.71. The quantitative estimate of drug-likeness (QED) is 0.501. The second-order valence-electron chi connectivity index (χ2n) is 4.13. The molecule has 0 atom stereocenters. The second kappa shape index (κ2) is 9.39. The molecule has 0 aliphatic rings. The molecule has 0 aromatic heterocycles. The lowest BCUT2D eigenvalue weighted by atomic mass is 10.1. The van der Waals surface area contributed by atoms with E-state index in [0.717, 1.165) is 30.8 Å². The summed E-state index contributed by atoms with van der Waals surface area (Å²) in [5, 5.41) is 0. The summed E-state index contributed by atoms with van der Waals surface area (Å²) in [6.07, 6.45) is 9.07. The number of unbranched alkanes of at least 4 members (excludes halogenated alkanes) is 3. The monoisotopic (exact) mass is 360 g/mol. The molecule has 100 valence electrons. The van der Waals surface area contributed by atoms with Gasteiger partial charge in [0.05, 0.1) is 7.11 Å². The van der Waals surface area contributed by atoms with E-state index in [9.17, 15) is 0 Å². The van der Waals surface area contributed by atoms with E-state index in [1.807, 2.05) is 6.07 Å². The summed E-state index contributed by atoms with van der Waals surface area (Å²) in [6.45, 7) is 0.869. The summed E-state index contributed by atoms with van der Waals surface area (Å²) in [6, 6.07) is 6.21. The van der Waals surface area contributed by atoms with E-state index in [2.05, 4.69) is 46.9 Å². The summed E-state index contributed by atoms with van der Waals surface area (Å²) in [7, 11) is 3.47. The second-order valence-corrected chi connectivity index (χ2v) is 5.38. The lowest BCUT2D eigenvalue weighted by Gasteiger charge is -2.05. The van der Waals surface area contributed by atoms with Crippen molar-refractivity contribution in [1.82, 2.24) is 0 Å². The molecule has 0 aliphatic carbocycles. The minimum Gasteiger partial charge on any atom is -0.496 e. The minimum absolute atomic E-state index is 0.869. The van der Waals surface area contributed by atoms with Gasteiger partial charge in [0.1, 0.15) is 5.75 Å². The van der Waals surface area contributed by atoms with Crippen molar-refractivity contribution in [3.8, 4) is 5.75 Å². The van der Waals surface area contributed by atoms with E-state index in [1.54, 1.807) is 14.2 Å². The number of rotatable bonds is 8. The van der Waals surface area contributed by atoms with Gasteiger partial charge >= 0.3 is 0 Å². The summed E-state index contributed by atoms with van der Waals surface area (Å²) in [4.78, 5) is 0. The van der Waals surface area contributed by atoms with Gasteiger partial charge in [-0.25, -0.2) is 0 Å². The van der Waals surface area contributed by atoms with Crippen LogP contribution in [0, 0.1) is 3.57 Å². The van der Waals surface area contributed by atoms with E-state index in [0.29, 0.717) is 0 Å². The average Bonchev–Trinajstić information content (AvgIpc) is 2.38. The first kappa shape index (κ1) is 15.5. The molecule has 0 N–H and O–H groups in total. The molecule has 0 spiro atoms. The van der Waals surface area contributed by atoms with Crippen molar-refractivity contribution in [1.29, 1.82) is 0 Å². The van der Waals surface area contributed by atoms with Crippen molar-refractivity contribution in [3.05, 3.63) is 33.4 Å². The van der Waals surface area contributed by atoms with Gasteiger partial charge in [0.2, 0.25) is 0 Å². The fourth-order valence-electron chi connectivity index (χ4n) is 1.73. The lowest BCUT2D eigenvalue weighted by molar-refractivity contribution is 0.192. The van der Waals surface area contributed by atoms with Crippen LogP contribution in [0.5, 0.6) is 5.75 Å². The largest absolute Gasteiger partial charge is 0.496 e. The van der Waals surface area contributed by atoms with Crippen LogP contribution in [0.1, 0.15) is 31.2 Å². The molecule has 18 heavy (non-hydrogen) atoms. The van der Waals surface area contributed by atoms with Crippen LogP contribution in [0.2, 0.25) is 0 Å². The van der Waals surface area contributed by atoms with Crippen LogP contribution in [0.4, 0.5) is 0 Å². The fraction of sp³-hybridized carbons (Fsp3) is 0.467. The Morgan fingerprint density at radius 1 is 1.17 bits per heavy atom. The molecule has 0 aliphatic heterocycles. The van der Waals surface area contributed by atoms with Gasteiger partial charge in [-0.3, -0.25) is 0 Å². The van der Waals surface area contributed by atoms with E-state index in [1.165, 1.54) is 16.4 Å². The van der Waals surface area contributed by atoms with Crippen molar-refractivity contribution < 1.29 is 9.47 Å². The summed E-state index contributed by atoms with van der Waals surface area (Å²) in [5.41, 5.74) is 1.15. The number of hydrogen-bond acceptors (Lipinski definition) is 2. The predicted molar refractivity (Wildman–Crippen MR) is 85.1 cm³/mol. The standard InChI is InChI=1S/C15H21IO2/c1-17-11-7-5-3-4-6-8-13-12-14(16)9-10-15(13)18-2/h6,8-10,12H,3-5,7,11H2,1-2H3/b8-6+. The molecule has 0 bridgehead atoms. The van der Waals surface area contributed by atoms with Crippen LogP contribution < -0.4 is 4.74 Å². The smallest absolute Gasteiger partial charge is 0.126 e.